The summed E-state index contributed by atoms with van der Waals surface area (Å²) in [4.78, 5) is 12.3. The molecule has 0 aliphatic heterocycles. The quantitative estimate of drug-likeness (QED) is 0.814. The average Bonchev–Trinajstić information content (AvgIpc) is 2.56. The van der Waals surface area contributed by atoms with Crippen LogP contribution in [0, 0.1) is 5.41 Å². The molecule has 0 aliphatic rings. The number of carbonyl (C=O) groups is 1. The van der Waals surface area contributed by atoms with Crippen molar-refractivity contribution in [2.45, 2.75) is 33.1 Å². The van der Waals surface area contributed by atoms with Gasteiger partial charge in [0.25, 0.3) is 0 Å². The van der Waals surface area contributed by atoms with Crippen molar-refractivity contribution in [3.63, 3.8) is 0 Å². The molecular weight excluding hydrogens is 196 g/mol. The molecule has 0 spiro atoms. The second-order valence-corrected chi connectivity index (χ2v) is 4.90. The van der Waals surface area contributed by atoms with Crippen molar-refractivity contribution >= 4 is 17.3 Å². The first-order valence-electron chi connectivity index (χ1n) is 4.84. The van der Waals surface area contributed by atoms with Crippen molar-refractivity contribution in [2.75, 3.05) is 0 Å². The lowest BCUT2D eigenvalue weighted by molar-refractivity contribution is -0.148. The molecule has 14 heavy (non-hydrogen) atoms. The van der Waals surface area contributed by atoms with Crippen LogP contribution in [0.4, 0.5) is 0 Å². The molecular formula is C11H16O2S. The minimum absolute atomic E-state index is 0.598. The number of thiophene rings is 1. The van der Waals surface area contributed by atoms with Gasteiger partial charge in [0, 0.05) is 4.88 Å². The molecule has 1 unspecified atom stereocenters. The monoisotopic (exact) mass is 212 g/mol. The van der Waals surface area contributed by atoms with Crippen LogP contribution in [0.2, 0.25) is 0 Å². The summed E-state index contributed by atoms with van der Waals surface area (Å²) in [6.45, 7) is 3.86. The van der Waals surface area contributed by atoms with Crippen LogP contribution >= 0.6 is 11.3 Å². The summed E-state index contributed by atoms with van der Waals surface area (Å²) in [6.07, 6.45) is 2.29. The van der Waals surface area contributed by atoms with Gasteiger partial charge in [-0.1, -0.05) is 19.4 Å². The predicted octanol–water partition coefficient (Wildman–Crippen LogP) is 3.18. The van der Waals surface area contributed by atoms with E-state index in [1.807, 2.05) is 31.4 Å². The maximum atomic E-state index is 11.1. The van der Waals surface area contributed by atoms with Crippen LogP contribution in [-0.2, 0) is 11.2 Å². The molecule has 3 heteroatoms. The fourth-order valence-electron chi connectivity index (χ4n) is 1.62. The lowest BCUT2D eigenvalue weighted by Gasteiger charge is -2.23. The average molecular weight is 212 g/mol. The molecule has 1 aromatic rings. The molecule has 1 aromatic heterocycles. The molecule has 0 fully saturated rings. The van der Waals surface area contributed by atoms with Gasteiger partial charge in [0.15, 0.2) is 0 Å². The highest BCUT2D eigenvalue weighted by atomic mass is 32.1. The maximum Gasteiger partial charge on any atom is 0.309 e. The van der Waals surface area contributed by atoms with E-state index in [0.717, 1.165) is 17.7 Å². The summed E-state index contributed by atoms with van der Waals surface area (Å²) >= 11 is 1.63. The Bertz CT molecular complexity index is 292. The zero-order chi connectivity index (χ0) is 10.6. The van der Waals surface area contributed by atoms with E-state index in [0.29, 0.717) is 6.42 Å². The Morgan fingerprint density at radius 1 is 1.64 bits per heavy atom. The van der Waals surface area contributed by atoms with Gasteiger partial charge in [-0.05, 0) is 31.2 Å². The van der Waals surface area contributed by atoms with Gasteiger partial charge in [-0.25, -0.2) is 0 Å². The molecule has 0 amide bonds. The van der Waals surface area contributed by atoms with Crippen LogP contribution < -0.4 is 0 Å². The van der Waals surface area contributed by atoms with E-state index < -0.39 is 11.4 Å². The van der Waals surface area contributed by atoms with E-state index in [4.69, 9.17) is 5.11 Å². The van der Waals surface area contributed by atoms with Crippen LogP contribution in [0.5, 0.6) is 0 Å². The van der Waals surface area contributed by atoms with E-state index in [9.17, 15) is 4.79 Å². The Hall–Kier alpha value is -0.830. The molecule has 0 saturated heterocycles. The summed E-state index contributed by atoms with van der Waals surface area (Å²) in [6, 6.07) is 3.97. The fourth-order valence-corrected chi connectivity index (χ4v) is 2.51. The topological polar surface area (TPSA) is 37.3 Å². The van der Waals surface area contributed by atoms with Crippen molar-refractivity contribution in [3.8, 4) is 0 Å². The molecule has 0 aromatic carbocycles. The van der Waals surface area contributed by atoms with Crippen molar-refractivity contribution in [2.24, 2.45) is 5.41 Å². The zero-order valence-electron chi connectivity index (χ0n) is 8.62. The first-order chi connectivity index (χ1) is 6.58. The summed E-state index contributed by atoms with van der Waals surface area (Å²) in [5.74, 6) is -0.687. The second-order valence-electron chi connectivity index (χ2n) is 3.87. The third-order valence-corrected chi connectivity index (χ3v) is 3.34. The van der Waals surface area contributed by atoms with Gasteiger partial charge >= 0.3 is 5.97 Å². The standard InChI is InChI=1S/C11H16O2S/c1-3-6-11(2,10(12)13)8-9-5-4-7-14-9/h4-5,7H,3,6,8H2,1-2H3,(H,12,13). The van der Waals surface area contributed by atoms with Crippen LogP contribution in [0.25, 0.3) is 0 Å². The summed E-state index contributed by atoms with van der Waals surface area (Å²) in [5, 5.41) is 11.2. The normalized spacial score (nSPS) is 15.0. The van der Waals surface area contributed by atoms with E-state index >= 15 is 0 Å². The van der Waals surface area contributed by atoms with Crippen LogP contribution in [-0.4, -0.2) is 11.1 Å². The SMILES string of the molecule is CCCC(C)(Cc1cccs1)C(=O)O. The molecule has 0 bridgehead atoms. The van der Waals surface area contributed by atoms with Crippen molar-refractivity contribution in [1.82, 2.24) is 0 Å². The number of hydrogen-bond donors (Lipinski definition) is 1. The van der Waals surface area contributed by atoms with Crippen molar-refractivity contribution in [1.29, 1.82) is 0 Å². The summed E-state index contributed by atoms with van der Waals surface area (Å²) in [7, 11) is 0. The summed E-state index contributed by atoms with van der Waals surface area (Å²) < 4.78 is 0. The number of aliphatic carboxylic acids is 1. The Balaban J connectivity index is 2.74. The highest BCUT2D eigenvalue weighted by Gasteiger charge is 2.32. The Morgan fingerprint density at radius 2 is 2.36 bits per heavy atom. The van der Waals surface area contributed by atoms with Crippen LogP contribution in [0.1, 0.15) is 31.6 Å². The fraction of sp³-hybridized carbons (Fsp3) is 0.545. The van der Waals surface area contributed by atoms with Gasteiger partial charge in [-0.3, -0.25) is 4.79 Å². The number of hydrogen-bond acceptors (Lipinski definition) is 2. The van der Waals surface area contributed by atoms with Gasteiger partial charge in [-0.15, -0.1) is 11.3 Å². The van der Waals surface area contributed by atoms with Crippen LogP contribution in [0.15, 0.2) is 17.5 Å². The first kappa shape index (κ1) is 11.2. The first-order valence-corrected chi connectivity index (χ1v) is 5.72. The molecule has 1 heterocycles. The highest BCUT2D eigenvalue weighted by molar-refractivity contribution is 7.09. The molecule has 0 saturated carbocycles. The highest BCUT2D eigenvalue weighted by Crippen LogP contribution is 2.30. The number of rotatable bonds is 5. The summed E-state index contributed by atoms with van der Waals surface area (Å²) in [5.41, 5.74) is -0.598. The molecule has 2 nitrogen and oxygen atoms in total. The second kappa shape index (κ2) is 4.60. The Labute approximate surface area is 88.6 Å². The molecule has 78 valence electrons. The number of carboxylic acid groups (broad SMARTS) is 1. The van der Waals surface area contributed by atoms with E-state index in [-0.39, 0.29) is 0 Å². The zero-order valence-corrected chi connectivity index (χ0v) is 9.43. The van der Waals surface area contributed by atoms with Gasteiger partial charge in [0.1, 0.15) is 0 Å². The lowest BCUT2D eigenvalue weighted by Crippen LogP contribution is -2.29. The lowest BCUT2D eigenvalue weighted by atomic mass is 9.82. The van der Waals surface area contributed by atoms with E-state index in [2.05, 4.69) is 0 Å². The van der Waals surface area contributed by atoms with Gasteiger partial charge in [0.2, 0.25) is 0 Å². The Morgan fingerprint density at radius 3 is 2.79 bits per heavy atom. The van der Waals surface area contributed by atoms with Gasteiger partial charge in [0.05, 0.1) is 5.41 Å². The van der Waals surface area contributed by atoms with Gasteiger partial charge < -0.3 is 5.11 Å². The number of carboxylic acids is 1. The van der Waals surface area contributed by atoms with E-state index in [1.54, 1.807) is 11.3 Å². The predicted molar refractivity (Wildman–Crippen MR) is 58.7 cm³/mol. The molecule has 1 atom stereocenters. The molecule has 1 rings (SSSR count). The van der Waals surface area contributed by atoms with Crippen molar-refractivity contribution in [3.05, 3.63) is 22.4 Å². The third kappa shape index (κ3) is 2.58. The molecule has 1 N–H and O–H groups in total. The van der Waals surface area contributed by atoms with Gasteiger partial charge in [-0.2, -0.15) is 0 Å². The smallest absolute Gasteiger partial charge is 0.309 e. The minimum atomic E-state index is -0.687. The van der Waals surface area contributed by atoms with Crippen LogP contribution in [0.3, 0.4) is 0 Å². The third-order valence-electron chi connectivity index (χ3n) is 2.46. The molecule has 0 radical (unpaired) electrons. The Kier molecular flexibility index (Phi) is 3.69. The largest absolute Gasteiger partial charge is 0.481 e. The molecule has 0 aliphatic carbocycles. The maximum absolute atomic E-state index is 11.1. The van der Waals surface area contributed by atoms with Crippen molar-refractivity contribution < 1.29 is 9.90 Å². The minimum Gasteiger partial charge on any atom is -0.481 e. The van der Waals surface area contributed by atoms with E-state index in [1.165, 1.54) is 0 Å².